The van der Waals surface area contributed by atoms with Crippen molar-refractivity contribution in [3.05, 3.63) is 16.4 Å². The highest BCUT2D eigenvalue weighted by molar-refractivity contribution is 6.33. The van der Waals surface area contributed by atoms with Crippen molar-refractivity contribution in [2.75, 3.05) is 24.7 Å². The van der Waals surface area contributed by atoms with Crippen molar-refractivity contribution in [2.24, 2.45) is 0 Å². The van der Waals surface area contributed by atoms with E-state index in [2.05, 4.69) is 10.2 Å². The van der Waals surface area contributed by atoms with Crippen molar-refractivity contribution >= 4 is 28.9 Å². The maximum absolute atomic E-state index is 9.13. The normalized spacial score (nSPS) is 25.1. The summed E-state index contributed by atoms with van der Waals surface area (Å²) in [5.41, 5.74) is 0.723. The molecule has 0 aromatic carbocycles. The van der Waals surface area contributed by atoms with Crippen LogP contribution in [0.3, 0.4) is 0 Å². The Morgan fingerprint density at radius 3 is 3.00 bits per heavy atom. The minimum Gasteiger partial charge on any atom is -0.394 e. The van der Waals surface area contributed by atoms with Crippen LogP contribution in [0.25, 0.3) is 0 Å². The van der Waals surface area contributed by atoms with Gasteiger partial charge in [0.1, 0.15) is 0 Å². The molecule has 94 valence electrons. The predicted molar refractivity (Wildman–Crippen MR) is 65.7 cm³/mol. The van der Waals surface area contributed by atoms with Crippen LogP contribution in [0.15, 0.2) is 6.07 Å². The molecule has 1 N–H and O–H groups in total. The summed E-state index contributed by atoms with van der Waals surface area (Å²) in [5, 5.41) is 17.2. The summed E-state index contributed by atoms with van der Waals surface area (Å²) < 4.78 is 5.46. The third-order valence-corrected chi connectivity index (χ3v) is 3.17. The molecule has 1 saturated heterocycles. The van der Waals surface area contributed by atoms with Gasteiger partial charge >= 0.3 is 0 Å². The van der Waals surface area contributed by atoms with Crippen LogP contribution in [0.2, 0.25) is 10.3 Å². The van der Waals surface area contributed by atoms with Crippen molar-refractivity contribution in [1.82, 2.24) is 10.2 Å². The van der Waals surface area contributed by atoms with Crippen LogP contribution in [-0.2, 0) is 4.74 Å². The molecule has 5 nitrogen and oxygen atoms in total. The molecule has 2 heterocycles. The van der Waals surface area contributed by atoms with Gasteiger partial charge in [-0.1, -0.05) is 23.2 Å². The number of ether oxygens (including phenoxy) is 1. The number of morpholine rings is 1. The fraction of sp³-hybridized carbons (Fsp3) is 0.600. The Hall–Kier alpha value is -0.620. The Morgan fingerprint density at radius 1 is 1.53 bits per heavy atom. The Bertz CT molecular complexity index is 405. The highest BCUT2D eigenvalue weighted by atomic mass is 35.5. The number of aliphatic hydroxyl groups excluding tert-OH is 1. The smallest absolute Gasteiger partial charge is 0.175 e. The van der Waals surface area contributed by atoms with Gasteiger partial charge in [0.25, 0.3) is 0 Å². The zero-order chi connectivity index (χ0) is 12.4. The minimum atomic E-state index is -0.214. The second kappa shape index (κ2) is 5.35. The quantitative estimate of drug-likeness (QED) is 0.885. The van der Waals surface area contributed by atoms with Gasteiger partial charge in [-0.25, -0.2) is 0 Å². The van der Waals surface area contributed by atoms with Gasteiger partial charge in [0, 0.05) is 18.7 Å². The molecule has 0 amide bonds. The summed E-state index contributed by atoms with van der Waals surface area (Å²) in [6.45, 7) is 3.08. The number of nitrogens with zero attached hydrogens (tertiary/aromatic N) is 3. The lowest BCUT2D eigenvalue weighted by atomic mass is 10.2. The molecule has 1 aliphatic rings. The van der Waals surface area contributed by atoms with E-state index in [-0.39, 0.29) is 18.8 Å². The SMILES string of the molecule is CC1COC(CO)CN1c1cc(Cl)nnc1Cl. The molecule has 1 aromatic heterocycles. The molecular formula is C10H13Cl2N3O2. The standard InChI is InChI=1S/C10H13Cl2N3O2/c1-6-5-17-7(4-16)3-15(6)8-2-9(11)13-14-10(8)12/h2,6-7,16H,3-5H2,1H3. The van der Waals surface area contributed by atoms with Crippen molar-refractivity contribution in [1.29, 1.82) is 0 Å². The van der Waals surface area contributed by atoms with E-state index in [0.717, 1.165) is 5.69 Å². The maximum atomic E-state index is 9.13. The molecule has 2 atom stereocenters. The van der Waals surface area contributed by atoms with E-state index in [1.54, 1.807) is 6.07 Å². The summed E-state index contributed by atoms with van der Waals surface area (Å²) in [7, 11) is 0. The number of hydrogen-bond donors (Lipinski definition) is 1. The monoisotopic (exact) mass is 277 g/mol. The minimum absolute atomic E-state index is 0.0208. The Kier molecular flexibility index (Phi) is 4.04. The summed E-state index contributed by atoms with van der Waals surface area (Å²) in [5.74, 6) is 0. The van der Waals surface area contributed by atoms with Gasteiger partial charge in [0.2, 0.25) is 0 Å². The molecule has 1 aliphatic heterocycles. The molecule has 1 fully saturated rings. The molecule has 1 aromatic rings. The number of rotatable bonds is 2. The van der Waals surface area contributed by atoms with E-state index < -0.39 is 0 Å². The van der Waals surface area contributed by atoms with Crippen molar-refractivity contribution in [3.63, 3.8) is 0 Å². The van der Waals surface area contributed by atoms with Crippen LogP contribution in [0.1, 0.15) is 6.92 Å². The largest absolute Gasteiger partial charge is 0.394 e. The summed E-state index contributed by atoms with van der Waals surface area (Å²) in [6.07, 6.45) is -0.214. The van der Waals surface area contributed by atoms with Crippen LogP contribution in [0.5, 0.6) is 0 Å². The molecule has 0 radical (unpaired) electrons. The van der Waals surface area contributed by atoms with E-state index in [1.165, 1.54) is 0 Å². The zero-order valence-corrected chi connectivity index (χ0v) is 10.8. The van der Waals surface area contributed by atoms with E-state index >= 15 is 0 Å². The van der Waals surface area contributed by atoms with Crippen LogP contribution < -0.4 is 4.90 Å². The van der Waals surface area contributed by atoms with Crippen molar-refractivity contribution in [3.8, 4) is 0 Å². The fourth-order valence-electron chi connectivity index (χ4n) is 1.81. The predicted octanol–water partition coefficient (Wildman–Crippen LogP) is 1.37. The summed E-state index contributed by atoms with van der Waals surface area (Å²) in [4.78, 5) is 2.02. The lowest BCUT2D eigenvalue weighted by molar-refractivity contribution is -0.0103. The van der Waals surface area contributed by atoms with Crippen LogP contribution >= 0.6 is 23.2 Å². The average Bonchev–Trinajstić information content (AvgIpc) is 2.33. The second-order valence-electron chi connectivity index (χ2n) is 3.98. The number of halogens is 2. The maximum Gasteiger partial charge on any atom is 0.175 e. The molecule has 2 rings (SSSR count). The molecule has 7 heteroatoms. The second-order valence-corrected chi connectivity index (χ2v) is 4.73. The van der Waals surface area contributed by atoms with Crippen LogP contribution in [0, 0.1) is 0 Å². The van der Waals surface area contributed by atoms with Gasteiger partial charge in [-0.05, 0) is 6.92 Å². The van der Waals surface area contributed by atoms with Crippen LogP contribution in [-0.4, -0.2) is 47.2 Å². The van der Waals surface area contributed by atoms with E-state index in [9.17, 15) is 0 Å². The fourth-order valence-corrected chi connectivity index (χ4v) is 2.15. The average molecular weight is 278 g/mol. The van der Waals surface area contributed by atoms with Gasteiger partial charge < -0.3 is 14.7 Å². The molecule has 17 heavy (non-hydrogen) atoms. The number of aromatic nitrogens is 2. The molecule has 0 saturated carbocycles. The lowest BCUT2D eigenvalue weighted by Gasteiger charge is -2.39. The summed E-state index contributed by atoms with van der Waals surface area (Å²) in [6, 6.07) is 1.82. The first-order chi connectivity index (χ1) is 8.11. The first-order valence-corrected chi connectivity index (χ1v) is 6.05. The summed E-state index contributed by atoms with van der Waals surface area (Å²) >= 11 is 11.8. The van der Waals surface area contributed by atoms with E-state index in [1.807, 2.05) is 11.8 Å². The number of hydrogen-bond acceptors (Lipinski definition) is 5. The molecule has 0 aliphatic carbocycles. The topological polar surface area (TPSA) is 58.5 Å². The third-order valence-electron chi connectivity index (χ3n) is 2.72. The zero-order valence-electron chi connectivity index (χ0n) is 9.31. The van der Waals surface area contributed by atoms with Crippen LogP contribution in [0.4, 0.5) is 5.69 Å². The Labute approximate surface area is 109 Å². The molecular weight excluding hydrogens is 265 g/mol. The highest BCUT2D eigenvalue weighted by Gasteiger charge is 2.27. The first kappa shape index (κ1) is 12.8. The van der Waals surface area contributed by atoms with Gasteiger partial charge in [0.15, 0.2) is 10.3 Å². The number of aliphatic hydroxyl groups is 1. The van der Waals surface area contributed by atoms with Gasteiger partial charge in [0.05, 0.1) is 25.0 Å². The Morgan fingerprint density at radius 2 is 2.29 bits per heavy atom. The van der Waals surface area contributed by atoms with Crippen molar-refractivity contribution < 1.29 is 9.84 Å². The molecule has 0 spiro atoms. The van der Waals surface area contributed by atoms with Gasteiger partial charge in [-0.15, -0.1) is 10.2 Å². The van der Waals surface area contributed by atoms with E-state index in [4.69, 9.17) is 33.0 Å². The lowest BCUT2D eigenvalue weighted by Crippen LogP contribution is -2.49. The third kappa shape index (κ3) is 2.80. The molecule has 0 bridgehead atoms. The van der Waals surface area contributed by atoms with Gasteiger partial charge in [-0.2, -0.15) is 0 Å². The Balaban J connectivity index is 2.27. The van der Waals surface area contributed by atoms with Gasteiger partial charge in [-0.3, -0.25) is 0 Å². The first-order valence-electron chi connectivity index (χ1n) is 5.29. The highest BCUT2D eigenvalue weighted by Crippen LogP contribution is 2.29. The van der Waals surface area contributed by atoms with E-state index in [0.29, 0.717) is 23.5 Å². The number of anilines is 1. The van der Waals surface area contributed by atoms with Crippen molar-refractivity contribution in [2.45, 2.75) is 19.1 Å². The molecule has 2 unspecified atom stereocenters.